The van der Waals surface area contributed by atoms with Crippen LogP contribution < -0.4 is 5.32 Å². The first-order chi connectivity index (χ1) is 7.79. The number of thioether (sulfide) groups is 1. The molecule has 17 heavy (non-hydrogen) atoms. The summed E-state index contributed by atoms with van der Waals surface area (Å²) in [5, 5.41) is 4.16. The third-order valence-corrected chi connectivity index (χ3v) is 3.45. The Balaban J connectivity index is 2.20. The zero-order chi connectivity index (χ0) is 12.9. The molecule has 0 atom stereocenters. The minimum absolute atomic E-state index is 0.0516. The maximum Gasteiger partial charge on any atom is 0.389 e. The third-order valence-electron chi connectivity index (χ3n) is 2.53. The highest BCUT2D eigenvalue weighted by atomic mass is 32.2. The van der Waals surface area contributed by atoms with Gasteiger partial charge in [0.05, 0.1) is 0 Å². The van der Waals surface area contributed by atoms with Crippen molar-refractivity contribution in [2.45, 2.75) is 51.2 Å². The molecule has 0 aliphatic carbocycles. The molecule has 1 aliphatic rings. The van der Waals surface area contributed by atoms with Crippen LogP contribution in [0.1, 0.15) is 39.5 Å². The van der Waals surface area contributed by atoms with Crippen molar-refractivity contribution in [1.82, 2.24) is 5.32 Å². The van der Waals surface area contributed by atoms with Gasteiger partial charge in [-0.1, -0.05) is 11.8 Å². The average Bonchev–Trinajstić information content (AvgIpc) is 2.13. The second-order valence-electron chi connectivity index (χ2n) is 4.87. The molecule has 2 nitrogen and oxygen atoms in total. The first kappa shape index (κ1) is 14.7. The van der Waals surface area contributed by atoms with Gasteiger partial charge >= 0.3 is 6.18 Å². The van der Waals surface area contributed by atoms with Gasteiger partial charge in [0.2, 0.25) is 0 Å². The summed E-state index contributed by atoms with van der Waals surface area (Å²) in [7, 11) is 0. The lowest BCUT2D eigenvalue weighted by atomic mass is 10.0. The highest BCUT2D eigenvalue weighted by Gasteiger charge is 2.26. The van der Waals surface area contributed by atoms with Crippen molar-refractivity contribution >= 4 is 16.9 Å². The lowest BCUT2D eigenvalue weighted by Crippen LogP contribution is -2.46. The van der Waals surface area contributed by atoms with E-state index >= 15 is 0 Å². The molecule has 0 aromatic rings. The molecule has 100 valence electrons. The Hall–Kier alpha value is -0.390. The van der Waals surface area contributed by atoms with Gasteiger partial charge in [-0.15, -0.1) is 0 Å². The van der Waals surface area contributed by atoms with Gasteiger partial charge in [-0.2, -0.15) is 13.2 Å². The number of alkyl halides is 3. The number of hydrogen-bond donors (Lipinski definition) is 1. The maximum atomic E-state index is 11.9. The van der Waals surface area contributed by atoms with Gasteiger partial charge in [-0.3, -0.25) is 4.99 Å². The summed E-state index contributed by atoms with van der Waals surface area (Å²) >= 11 is 1.65. The number of hydrogen-bond acceptors (Lipinski definition) is 2. The van der Waals surface area contributed by atoms with E-state index in [1.165, 1.54) is 0 Å². The Morgan fingerprint density at radius 3 is 2.65 bits per heavy atom. The Morgan fingerprint density at radius 1 is 1.35 bits per heavy atom. The normalized spacial score (nSPS) is 22.5. The van der Waals surface area contributed by atoms with Crippen LogP contribution in [0.15, 0.2) is 4.99 Å². The molecular weight excluding hydrogens is 249 g/mol. The summed E-state index contributed by atoms with van der Waals surface area (Å²) in [5.41, 5.74) is 0.0516. The molecule has 0 aromatic carbocycles. The first-order valence-corrected chi connectivity index (χ1v) is 6.79. The molecule has 0 saturated carbocycles. The summed E-state index contributed by atoms with van der Waals surface area (Å²) in [5.74, 6) is 1.02. The van der Waals surface area contributed by atoms with E-state index in [0.29, 0.717) is 13.0 Å². The zero-order valence-electron chi connectivity index (χ0n) is 10.2. The summed E-state index contributed by atoms with van der Waals surface area (Å²) in [4.78, 5) is 4.30. The number of amidine groups is 1. The van der Waals surface area contributed by atoms with E-state index in [1.54, 1.807) is 11.8 Å². The van der Waals surface area contributed by atoms with Crippen molar-refractivity contribution in [3.63, 3.8) is 0 Å². The SMILES string of the molecule is CC1(C)CCSC(=NCCCCC(F)(F)F)N1. The van der Waals surface area contributed by atoms with Gasteiger partial charge in [0, 0.05) is 24.3 Å². The van der Waals surface area contributed by atoms with E-state index in [-0.39, 0.29) is 12.0 Å². The number of nitrogens with zero attached hydrogens (tertiary/aromatic N) is 1. The van der Waals surface area contributed by atoms with Crippen LogP contribution in [0.3, 0.4) is 0 Å². The Labute approximate surface area is 104 Å². The van der Waals surface area contributed by atoms with Gasteiger partial charge in [-0.05, 0) is 33.1 Å². The highest BCUT2D eigenvalue weighted by molar-refractivity contribution is 8.13. The van der Waals surface area contributed by atoms with E-state index < -0.39 is 12.6 Å². The van der Waals surface area contributed by atoms with Gasteiger partial charge < -0.3 is 5.32 Å². The van der Waals surface area contributed by atoms with Crippen LogP contribution in [-0.4, -0.2) is 29.2 Å². The van der Waals surface area contributed by atoms with Crippen molar-refractivity contribution in [2.75, 3.05) is 12.3 Å². The first-order valence-electron chi connectivity index (χ1n) is 5.81. The smallest absolute Gasteiger partial charge is 0.360 e. The summed E-state index contributed by atoms with van der Waals surface area (Å²) in [6.45, 7) is 4.68. The standard InChI is InChI=1S/C11H19F3N2S/c1-10(2)6-8-17-9(16-10)15-7-4-3-5-11(12,13)14/h3-8H2,1-2H3,(H,15,16). The van der Waals surface area contributed by atoms with E-state index in [4.69, 9.17) is 0 Å². The van der Waals surface area contributed by atoms with Crippen molar-refractivity contribution in [2.24, 2.45) is 4.99 Å². The number of rotatable bonds is 4. The van der Waals surface area contributed by atoms with Gasteiger partial charge in [0.25, 0.3) is 0 Å². The number of unbranched alkanes of at least 4 members (excludes halogenated alkanes) is 1. The molecule has 0 unspecified atom stereocenters. The summed E-state index contributed by atoms with van der Waals surface area (Å²) < 4.78 is 35.7. The Bertz CT molecular complexity index is 274. The monoisotopic (exact) mass is 268 g/mol. The fraction of sp³-hybridized carbons (Fsp3) is 0.909. The second kappa shape index (κ2) is 5.98. The summed E-state index contributed by atoms with van der Waals surface area (Å²) in [6, 6.07) is 0. The molecule has 0 bridgehead atoms. The Morgan fingerprint density at radius 2 is 2.06 bits per heavy atom. The molecular formula is C11H19F3N2S. The predicted molar refractivity (Wildman–Crippen MR) is 66.5 cm³/mol. The van der Waals surface area contributed by atoms with Gasteiger partial charge in [-0.25, -0.2) is 0 Å². The predicted octanol–water partition coefficient (Wildman–Crippen LogP) is 3.58. The third kappa shape index (κ3) is 6.81. The van der Waals surface area contributed by atoms with Crippen LogP contribution in [-0.2, 0) is 0 Å². The minimum atomic E-state index is -4.03. The fourth-order valence-corrected chi connectivity index (χ4v) is 2.83. The molecule has 1 heterocycles. The van der Waals surface area contributed by atoms with Crippen LogP contribution in [0.4, 0.5) is 13.2 Å². The van der Waals surface area contributed by atoms with Crippen molar-refractivity contribution in [3.05, 3.63) is 0 Å². The molecule has 0 radical (unpaired) electrons. The number of aliphatic imine (C=N–C) groups is 1. The average molecular weight is 268 g/mol. The van der Waals surface area contributed by atoms with Crippen LogP contribution in [0.2, 0.25) is 0 Å². The van der Waals surface area contributed by atoms with Crippen LogP contribution in [0.25, 0.3) is 0 Å². The lowest BCUT2D eigenvalue weighted by molar-refractivity contribution is -0.135. The molecule has 0 amide bonds. The molecule has 1 aliphatic heterocycles. The maximum absolute atomic E-state index is 11.9. The quantitative estimate of drug-likeness (QED) is 0.788. The summed E-state index contributed by atoms with van der Waals surface area (Å²) in [6.07, 6.45) is -3.01. The van der Waals surface area contributed by atoms with Crippen LogP contribution >= 0.6 is 11.8 Å². The Kier molecular flexibility index (Phi) is 5.16. The fourth-order valence-electron chi connectivity index (χ4n) is 1.49. The largest absolute Gasteiger partial charge is 0.389 e. The van der Waals surface area contributed by atoms with E-state index in [1.807, 2.05) is 0 Å². The highest BCUT2D eigenvalue weighted by Crippen LogP contribution is 2.23. The van der Waals surface area contributed by atoms with Crippen LogP contribution in [0, 0.1) is 0 Å². The van der Waals surface area contributed by atoms with Crippen molar-refractivity contribution in [3.8, 4) is 0 Å². The van der Waals surface area contributed by atoms with Gasteiger partial charge in [0.15, 0.2) is 5.17 Å². The molecule has 1 fully saturated rings. The van der Waals surface area contributed by atoms with E-state index in [0.717, 1.165) is 17.3 Å². The van der Waals surface area contributed by atoms with Crippen molar-refractivity contribution < 1.29 is 13.2 Å². The zero-order valence-corrected chi connectivity index (χ0v) is 11.0. The van der Waals surface area contributed by atoms with E-state index in [2.05, 4.69) is 24.2 Å². The second-order valence-corrected chi connectivity index (χ2v) is 5.95. The number of nitrogens with one attached hydrogen (secondary N) is 1. The topological polar surface area (TPSA) is 24.4 Å². The molecule has 1 rings (SSSR count). The molecule has 6 heteroatoms. The molecule has 0 aromatic heterocycles. The number of halogens is 3. The van der Waals surface area contributed by atoms with Gasteiger partial charge in [0.1, 0.15) is 0 Å². The van der Waals surface area contributed by atoms with Crippen LogP contribution in [0.5, 0.6) is 0 Å². The molecule has 1 saturated heterocycles. The minimum Gasteiger partial charge on any atom is -0.360 e. The molecule has 0 spiro atoms. The molecule has 1 N–H and O–H groups in total. The lowest BCUT2D eigenvalue weighted by Gasteiger charge is -2.32. The van der Waals surface area contributed by atoms with E-state index in [9.17, 15) is 13.2 Å². The van der Waals surface area contributed by atoms with Crippen molar-refractivity contribution in [1.29, 1.82) is 0 Å².